The van der Waals surface area contributed by atoms with Crippen molar-refractivity contribution < 1.29 is 19.4 Å². The summed E-state index contributed by atoms with van der Waals surface area (Å²) in [6.45, 7) is 4.39. The number of nitrogens with zero attached hydrogens (tertiary/aromatic N) is 3. The number of hydrogen-bond acceptors (Lipinski definition) is 6. The molecule has 0 amide bonds. The molecular weight excluding hydrogens is 442 g/mol. The molecule has 0 aliphatic carbocycles. The maximum absolute atomic E-state index is 12.9. The second-order valence-corrected chi connectivity index (χ2v) is 8.93. The van der Waals surface area contributed by atoms with Crippen molar-refractivity contribution in [3.8, 4) is 22.6 Å². The van der Waals surface area contributed by atoms with Gasteiger partial charge < -0.3 is 19.1 Å². The van der Waals surface area contributed by atoms with Crippen LogP contribution in [0.25, 0.3) is 28.2 Å². The summed E-state index contributed by atoms with van der Waals surface area (Å²) in [5.41, 5.74) is 5.23. The highest BCUT2D eigenvalue weighted by Gasteiger charge is 2.30. The first-order valence-electron chi connectivity index (χ1n) is 11.7. The standard InChI is InChI=1S/C28H25N3O4/c1-30-17-20(15-24-27(33)26-22(32)3-2-4-23(26)35-24)25-21(9-10-29-28(25)30)19-7-5-18(6-8-19)16-31-11-13-34-14-12-31/h2-10,15,17,32H,11-14,16H2,1H3/b24-15-. The van der Waals surface area contributed by atoms with E-state index in [2.05, 4.69) is 34.1 Å². The van der Waals surface area contributed by atoms with E-state index in [1.165, 1.54) is 11.6 Å². The maximum Gasteiger partial charge on any atom is 0.235 e. The van der Waals surface area contributed by atoms with Crippen molar-refractivity contribution in [1.82, 2.24) is 14.5 Å². The van der Waals surface area contributed by atoms with Crippen molar-refractivity contribution in [2.45, 2.75) is 6.54 Å². The van der Waals surface area contributed by atoms with Crippen LogP contribution in [0.15, 0.2) is 66.7 Å². The fourth-order valence-corrected chi connectivity index (χ4v) is 4.85. The minimum atomic E-state index is -0.326. The van der Waals surface area contributed by atoms with Gasteiger partial charge in [0, 0.05) is 50.0 Å². The Morgan fingerprint density at radius 2 is 1.89 bits per heavy atom. The van der Waals surface area contributed by atoms with Crippen LogP contribution < -0.4 is 4.74 Å². The van der Waals surface area contributed by atoms with E-state index in [1.54, 1.807) is 24.4 Å². The first-order chi connectivity index (χ1) is 17.1. The highest BCUT2D eigenvalue weighted by molar-refractivity contribution is 6.17. The molecule has 7 heteroatoms. The topological polar surface area (TPSA) is 76.8 Å². The molecule has 0 bridgehead atoms. The molecule has 2 aromatic carbocycles. The van der Waals surface area contributed by atoms with Crippen LogP contribution in [0.2, 0.25) is 0 Å². The fraction of sp³-hybridized carbons (Fsp3) is 0.214. The van der Waals surface area contributed by atoms with Crippen LogP contribution in [0, 0.1) is 0 Å². The number of pyridine rings is 1. The lowest BCUT2D eigenvalue weighted by Gasteiger charge is -2.26. The highest BCUT2D eigenvalue weighted by Crippen LogP contribution is 2.39. The van der Waals surface area contributed by atoms with E-state index >= 15 is 0 Å². The van der Waals surface area contributed by atoms with Gasteiger partial charge >= 0.3 is 0 Å². The predicted molar refractivity (Wildman–Crippen MR) is 133 cm³/mol. The Balaban J connectivity index is 1.37. The lowest BCUT2D eigenvalue weighted by atomic mass is 9.99. The van der Waals surface area contributed by atoms with E-state index in [4.69, 9.17) is 9.47 Å². The third-order valence-corrected chi connectivity index (χ3v) is 6.62. The summed E-state index contributed by atoms with van der Waals surface area (Å²) in [5.74, 6) is 0.154. The molecule has 1 fully saturated rings. The molecule has 6 rings (SSSR count). The number of phenols is 1. The van der Waals surface area contributed by atoms with Gasteiger partial charge in [-0.25, -0.2) is 4.98 Å². The number of morpholine rings is 1. The molecule has 0 unspecified atom stereocenters. The third-order valence-electron chi connectivity index (χ3n) is 6.62. The largest absolute Gasteiger partial charge is 0.507 e. The molecule has 2 aliphatic heterocycles. The Labute approximate surface area is 202 Å². The van der Waals surface area contributed by atoms with E-state index in [0.717, 1.165) is 60.6 Å². The number of fused-ring (bicyclic) bond motifs is 2. The van der Waals surface area contributed by atoms with Crippen molar-refractivity contribution in [3.63, 3.8) is 0 Å². The van der Waals surface area contributed by atoms with Crippen LogP contribution in [0.5, 0.6) is 11.5 Å². The monoisotopic (exact) mass is 467 g/mol. The van der Waals surface area contributed by atoms with Crippen LogP contribution in [0.4, 0.5) is 0 Å². The van der Waals surface area contributed by atoms with E-state index in [9.17, 15) is 9.90 Å². The molecule has 1 N–H and O–H groups in total. The number of carbonyl (C=O) groups is 1. The number of benzene rings is 2. The van der Waals surface area contributed by atoms with Crippen LogP contribution in [-0.4, -0.2) is 51.6 Å². The van der Waals surface area contributed by atoms with Gasteiger partial charge in [0.25, 0.3) is 0 Å². The molecule has 0 atom stereocenters. The van der Waals surface area contributed by atoms with Crippen molar-refractivity contribution in [2.75, 3.05) is 26.3 Å². The van der Waals surface area contributed by atoms with Gasteiger partial charge in [-0.2, -0.15) is 0 Å². The molecule has 7 nitrogen and oxygen atoms in total. The number of allylic oxidation sites excluding steroid dienone is 1. The number of Topliss-reactive ketones (excluding diaryl/α,β-unsaturated/α-hetero) is 1. The summed E-state index contributed by atoms with van der Waals surface area (Å²) in [6.07, 6.45) is 5.49. The van der Waals surface area contributed by atoms with E-state index in [-0.39, 0.29) is 22.9 Å². The summed E-state index contributed by atoms with van der Waals surface area (Å²) in [7, 11) is 1.93. The van der Waals surface area contributed by atoms with Crippen LogP contribution in [0.1, 0.15) is 21.5 Å². The molecule has 0 spiro atoms. The van der Waals surface area contributed by atoms with Gasteiger partial charge in [0.15, 0.2) is 5.76 Å². The lowest BCUT2D eigenvalue weighted by molar-refractivity contribution is 0.0342. The van der Waals surface area contributed by atoms with E-state index in [1.807, 2.05) is 23.9 Å². The van der Waals surface area contributed by atoms with Crippen molar-refractivity contribution in [1.29, 1.82) is 0 Å². The van der Waals surface area contributed by atoms with Crippen LogP contribution >= 0.6 is 0 Å². The highest BCUT2D eigenvalue weighted by atomic mass is 16.5. The van der Waals surface area contributed by atoms with Crippen molar-refractivity contribution in [3.05, 3.63) is 83.4 Å². The Morgan fingerprint density at radius 1 is 1.09 bits per heavy atom. The average Bonchev–Trinajstić information content (AvgIpc) is 3.37. The molecule has 4 heterocycles. The zero-order chi connectivity index (χ0) is 23.9. The summed E-state index contributed by atoms with van der Waals surface area (Å²) < 4.78 is 13.2. The average molecular weight is 468 g/mol. The van der Waals surface area contributed by atoms with Gasteiger partial charge in [-0.3, -0.25) is 9.69 Å². The Kier molecular flexibility index (Phi) is 5.36. The van der Waals surface area contributed by atoms with Crippen molar-refractivity contribution in [2.24, 2.45) is 7.05 Å². The summed E-state index contributed by atoms with van der Waals surface area (Å²) in [5, 5.41) is 11.1. The number of hydrogen-bond donors (Lipinski definition) is 1. The summed E-state index contributed by atoms with van der Waals surface area (Å²) in [4.78, 5) is 19.9. The number of phenolic OH excluding ortho intramolecular Hbond substituents is 1. The van der Waals surface area contributed by atoms with Gasteiger partial charge in [-0.15, -0.1) is 0 Å². The zero-order valence-corrected chi connectivity index (χ0v) is 19.4. The minimum absolute atomic E-state index is 0.0756. The SMILES string of the molecule is Cn1cc(/C=C2\Oc3cccc(O)c3C2=O)c2c(-c3ccc(CN4CCOCC4)cc3)ccnc21. The van der Waals surface area contributed by atoms with E-state index in [0.29, 0.717) is 5.75 Å². The van der Waals surface area contributed by atoms with Gasteiger partial charge in [-0.05, 0) is 41.0 Å². The molecule has 2 aliphatic rings. The number of ketones is 1. The van der Waals surface area contributed by atoms with Crippen LogP contribution in [-0.2, 0) is 18.3 Å². The molecule has 0 radical (unpaired) electrons. The summed E-state index contributed by atoms with van der Waals surface area (Å²) >= 11 is 0. The number of aryl methyl sites for hydroxylation is 1. The zero-order valence-electron chi connectivity index (χ0n) is 19.4. The predicted octanol–water partition coefficient (Wildman–Crippen LogP) is 4.39. The van der Waals surface area contributed by atoms with Gasteiger partial charge in [0.1, 0.15) is 22.7 Å². The molecule has 0 saturated carbocycles. The molecule has 2 aromatic heterocycles. The fourth-order valence-electron chi connectivity index (χ4n) is 4.85. The maximum atomic E-state index is 12.9. The van der Waals surface area contributed by atoms with Gasteiger partial charge in [0.05, 0.1) is 13.2 Å². The smallest absolute Gasteiger partial charge is 0.235 e. The van der Waals surface area contributed by atoms with Crippen molar-refractivity contribution >= 4 is 22.9 Å². The number of aromatic nitrogens is 2. The number of rotatable bonds is 4. The molecule has 35 heavy (non-hydrogen) atoms. The number of aromatic hydroxyl groups is 1. The molecule has 1 saturated heterocycles. The second-order valence-electron chi connectivity index (χ2n) is 8.93. The molecule has 176 valence electrons. The summed E-state index contributed by atoms with van der Waals surface area (Å²) in [6, 6.07) is 15.4. The first-order valence-corrected chi connectivity index (χ1v) is 11.7. The lowest BCUT2D eigenvalue weighted by Crippen LogP contribution is -2.35. The Morgan fingerprint density at radius 3 is 2.66 bits per heavy atom. The molecule has 4 aromatic rings. The third kappa shape index (κ3) is 3.88. The Bertz CT molecular complexity index is 1460. The normalized spacial score (nSPS) is 17.2. The van der Waals surface area contributed by atoms with Gasteiger partial charge in [-0.1, -0.05) is 30.3 Å². The second kappa shape index (κ2) is 8.69. The van der Waals surface area contributed by atoms with E-state index < -0.39 is 0 Å². The first kappa shape index (κ1) is 21.6. The Hall–Kier alpha value is -3.94. The quantitative estimate of drug-likeness (QED) is 0.449. The van der Waals surface area contributed by atoms with Gasteiger partial charge in [0.2, 0.25) is 5.78 Å². The molecular formula is C28H25N3O4. The van der Waals surface area contributed by atoms with Crippen LogP contribution in [0.3, 0.4) is 0 Å². The number of carbonyl (C=O) groups excluding carboxylic acids is 1. The minimum Gasteiger partial charge on any atom is -0.507 e. The number of ether oxygens (including phenoxy) is 2.